The van der Waals surface area contributed by atoms with Crippen molar-refractivity contribution in [3.05, 3.63) is 49.6 Å². The molecule has 0 spiro atoms. The zero-order valence-corrected chi connectivity index (χ0v) is 16.5. The van der Waals surface area contributed by atoms with Crippen molar-refractivity contribution in [3.63, 3.8) is 0 Å². The second kappa shape index (κ2) is 9.91. The summed E-state index contributed by atoms with van der Waals surface area (Å²) in [5.74, 6) is 2.21. The Kier molecular flexibility index (Phi) is 7.60. The van der Waals surface area contributed by atoms with Crippen LogP contribution in [0.3, 0.4) is 0 Å². The fraction of sp³-hybridized carbons (Fsp3) is 0.368. The number of nitrogens with two attached hydrogens (primary N) is 1. The number of amidine groups is 2. The largest absolute Gasteiger partial charge is 0.492 e. The molecule has 0 bridgehead atoms. The minimum atomic E-state index is -1.53. The molecule has 2 unspecified atom stereocenters. The van der Waals surface area contributed by atoms with Crippen LogP contribution in [0.4, 0.5) is 5.69 Å². The average Bonchev–Trinajstić information content (AvgIpc) is 2.69. The minimum absolute atomic E-state index is 0.236. The van der Waals surface area contributed by atoms with Gasteiger partial charge in [0.1, 0.15) is 17.4 Å². The fourth-order valence-electron chi connectivity index (χ4n) is 3.23. The lowest BCUT2D eigenvalue weighted by Gasteiger charge is -2.34. The van der Waals surface area contributed by atoms with Gasteiger partial charge in [-0.25, -0.2) is 4.21 Å². The van der Waals surface area contributed by atoms with E-state index in [1.807, 2.05) is 18.2 Å². The highest BCUT2D eigenvalue weighted by molar-refractivity contribution is 7.85. The summed E-state index contributed by atoms with van der Waals surface area (Å²) < 4.78 is 24.3. The van der Waals surface area contributed by atoms with Crippen LogP contribution in [0.2, 0.25) is 0 Å². The predicted octanol–water partition coefficient (Wildman–Crippen LogP) is 2.50. The maximum absolute atomic E-state index is 11.6. The highest BCUT2D eigenvalue weighted by Gasteiger charge is 2.24. The fourth-order valence-corrected chi connectivity index (χ4v) is 3.90. The Balaban J connectivity index is 0.00000126. The Morgan fingerprint density at radius 2 is 2.33 bits per heavy atom. The third-order valence-corrected chi connectivity index (χ3v) is 5.15. The highest BCUT2D eigenvalue weighted by Crippen LogP contribution is 2.30. The molecule has 2 atom stereocenters. The quantitative estimate of drug-likeness (QED) is 0.470. The van der Waals surface area contributed by atoms with Gasteiger partial charge in [-0.15, -0.1) is 13.2 Å². The van der Waals surface area contributed by atoms with E-state index in [1.54, 1.807) is 13.1 Å². The van der Waals surface area contributed by atoms with Gasteiger partial charge >= 0.3 is 0 Å². The lowest BCUT2D eigenvalue weighted by molar-refractivity contribution is 0.175. The van der Waals surface area contributed by atoms with Crippen molar-refractivity contribution in [3.8, 4) is 5.75 Å². The van der Waals surface area contributed by atoms with Gasteiger partial charge in [0.05, 0.1) is 17.9 Å². The molecular formula is C19H27N5O2S. The number of nitrogens with one attached hydrogen (secondary N) is 1. The first-order chi connectivity index (χ1) is 13.1. The Bertz CT molecular complexity index is 762. The van der Waals surface area contributed by atoms with E-state index in [0.29, 0.717) is 29.5 Å². The van der Waals surface area contributed by atoms with E-state index in [-0.39, 0.29) is 5.84 Å². The second-order valence-electron chi connectivity index (χ2n) is 6.06. The third kappa shape index (κ3) is 4.97. The van der Waals surface area contributed by atoms with E-state index in [0.717, 1.165) is 31.8 Å². The number of hydrogen-bond acceptors (Lipinski definition) is 4. The predicted molar refractivity (Wildman–Crippen MR) is 114 cm³/mol. The van der Waals surface area contributed by atoms with Crippen molar-refractivity contribution in [1.82, 2.24) is 4.90 Å². The first-order valence-corrected chi connectivity index (χ1v) is 9.86. The number of likely N-dealkylation sites (tertiary alicyclic amines) is 1. The van der Waals surface area contributed by atoms with Crippen LogP contribution < -0.4 is 15.2 Å². The van der Waals surface area contributed by atoms with Crippen LogP contribution in [0.5, 0.6) is 5.75 Å². The summed E-state index contributed by atoms with van der Waals surface area (Å²) in [4.78, 5) is 6.51. The van der Waals surface area contributed by atoms with Gasteiger partial charge in [0.15, 0.2) is 0 Å². The van der Waals surface area contributed by atoms with E-state index in [4.69, 9.17) is 10.5 Å². The first kappa shape index (κ1) is 20.7. The molecule has 0 saturated carbocycles. The molecule has 0 aliphatic carbocycles. The zero-order chi connectivity index (χ0) is 19.8. The number of aliphatic imine (C=N–C) groups is 1. The maximum Gasteiger partial charge on any atom is 0.245 e. The Hall–Kier alpha value is -2.61. The maximum atomic E-state index is 11.6. The molecule has 1 aromatic carbocycles. The van der Waals surface area contributed by atoms with Crippen LogP contribution in [0.25, 0.3) is 0 Å². The smallest absolute Gasteiger partial charge is 0.245 e. The Morgan fingerprint density at radius 1 is 1.56 bits per heavy atom. The van der Waals surface area contributed by atoms with Crippen molar-refractivity contribution in [1.29, 1.82) is 0 Å². The molecular weight excluding hydrogens is 362 g/mol. The van der Waals surface area contributed by atoms with Gasteiger partial charge in [-0.1, -0.05) is 12.6 Å². The molecule has 3 rings (SSSR count). The molecule has 7 nitrogen and oxygen atoms in total. The van der Waals surface area contributed by atoms with Crippen LogP contribution in [-0.2, 0) is 11.2 Å². The van der Waals surface area contributed by atoms with Crippen LogP contribution in [0.15, 0.2) is 53.4 Å². The molecule has 2 heterocycles. The van der Waals surface area contributed by atoms with Crippen LogP contribution in [0.1, 0.15) is 18.4 Å². The van der Waals surface area contributed by atoms with Crippen molar-refractivity contribution in [2.45, 2.75) is 12.8 Å². The lowest BCUT2D eigenvalue weighted by atomic mass is 9.98. The van der Waals surface area contributed by atoms with Gasteiger partial charge in [-0.05, 0) is 31.1 Å². The average molecular weight is 390 g/mol. The third-order valence-electron chi connectivity index (χ3n) is 4.39. The van der Waals surface area contributed by atoms with E-state index in [2.05, 4.69) is 38.7 Å². The minimum Gasteiger partial charge on any atom is -0.492 e. The Morgan fingerprint density at radius 3 is 3.04 bits per heavy atom. The summed E-state index contributed by atoms with van der Waals surface area (Å²) in [6.45, 7) is 12.3. The number of anilines is 1. The molecule has 0 aromatic heterocycles. The van der Waals surface area contributed by atoms with Gasteiger partial charge < -0.3 is 15.4 Å². The van der Waals surface area contributed by atoms with Crippen LogP contribution in [0, 0.1) is 5.92 Å². The molecule has 146 valence electrons. The molecule has 27 heavy (non-hydrogen) atoms. The highest BCUT2D eigenvalue weighted by atomic mass is 32.2. The second-order valence-corrected chi connectivity index (χ2v) is 6.94. The van der Waals surface area contributed by atoms with Gasteiger partial charge in [-0.3, -0.25) is 9.71 Å². The van der Waals surface area contributed by atoms with Crippen molar-refractivity contribution in [2.24, 2.45) is 21.0 Å². The number of rotatable bonds is 4. The first-order valence-electron chi connectivity index (χ1n) is 8.75. The van der Waals surface area contributed by atoms with Crippen molar-refractivity contribution in [2.75, 3.05) is 31.5 Å². The zero-order valence-electron chi connectivity index (χ0n) is 15.7. The molecule has 1 saturated heterocycles. The number of piperidine rings is 1. The van der Waals surface area contributed by atoms with E-state index < -0.39 is 11.2 Å². The Labute approximate surface area is 163 Å². The van der Waals surface area contributed by atoms with Crippen LogP contribution in [-0.4, -0.2) is 47.5 Å². The molecule has 1 aromatic rings. The number of ether oxygens (including phenoxy) is 1. The summed E-state index contributed by atoms with van der Waals surface area (Å²) in [6, 6.07) is 5.53. The number of benzene rings is 1. The van der Waals surface area contributed by atoms with E-state index >= 15 is 0 Å². The van der Waals surface area contributed by atoms with Gasteiger partial charge in [0, 0.05) is 26.1 Å². The summed E-state index contributed by atoms with van der Waals surface area (Å²) in [7, 11) is 1.78. The molecule has 1 fully saturated rings. The molecule has 2 aliphatic heterocycles. The standard InChI is InChI=1S/C17H23N5O2S.C2H4/c1-3-15(19-2)22-9-5-6-12(10-22)11-24-14-8-4-7-13-16(14)17(18)21-25(23)20-13;1-2/h3-4,7-8,12,20H,1,5-6,9-11H2,2H3,(H2,18,21);1-2H2. The summed E-state index contributed by atoms with van der Waals surface area (Å²) in [5, 5.41) is 0. The van der Waals surface area contributed by atoms with Crippen molar-refractivity contribution < 1.29 is 8.95 Å². The summed E-state index contributed by atoms with van der Waals surface area (Å²) >= 11 is -1.53. The van der Waals surface area contributed by atoms with E-state index in [9.17, 15) is 4.21 Å². The van der Waals surface area contributed by atoms with Crippen LogP contribution >= 0.6 is 0 Å². The summed E-state index contributed by atoms with van der Waals surface area (Å²) in [6.07, 6.45) is 3.99. The number of nitrogens with zero attached hydrogens (tertiary/aromatic N) is 3. The van der Waals surface area contributed by atoms with E-state index in [1.165, 1.54) is 0 Å². The normalized spacial score (nSPS) is 21.7. The molecule has 2 aliphatic rings. The lowest BCUT2D eigenvalue weighted by Crippen LogP contribution is -2.41. The van der Waals surface area contributed by atoms with Gasteiger partial charge in [0.2, 0.25) is 11.2 Å². The molecule has 0 amide bonds. The number of fused-ring (bicyclic) bond motifs is 1. The summed E-state index contributed by atoms with van der Waals surface area (Å²) in [5.41, 5.74) is 7.30. The van der Waals surface area contributed by atoms with Crippen molar-refractivity contribution >= 4 is 28.5 Å². The van der Waals surface area contributed by atoms with Gasteiger partial charge in [-0.2, -0.15) is 4.40 Å². The molecule has 3 N–H and O–H groups in total. The molecule has 0 radical (unpaired) electrons. The number of hydrogen-bond donors (Lipinski definition) is 2. The van der Waals surface area contributed by atoms with Gasteiger partial charge in [0.25, 0.3) is 0 Å². The topological polar surface area (TPSA) is 92.3 Å². The monoisotopic (exact) mass is 389 g/mol. The SMILES string of the molecule is C=C.C=CC(=NC)N1CCCC(COc2cccc3c2C(N)=NS(=O)N3)C1. The molecule has 8 heteroatoms.